The maximum atomic E-state index is 2.49. The lowest BCUT2D eigenvalue weighted by Crippen LogP contribution is -2.34. The maximum Gasteiger partial charge on any atom is 0.246 e. The van der Waals surface area contributed by atoms with Gasteiger partial charge >= 0.3 is 0 Å². The topological polar surface area (TPSA) is 6.25 Å². The molecule has 2 nitrogen and oxygen atoms in total. The molecule has 0 aromatic carbocycles. The van der Waals surface area contributed by atoms with Crippen LogP contribution in [0.3, 0.4) is 0 Å². The lowest BCUT2D eigenvalue weighted by molar-refractivity contribution is -0.487. The van der Waals surface area contributed by atoms with Crippen LogP contribution in [-0.2, 0) is 0 Å². The van der Waals surface area contributed by atoms with Crippen molar-refractivity contribution in [2.75, 3.05) is 20.1 Å². The van der Waals surface area contributed by atoms with Crippen LogP contribution in [0.1, 0.15) is 27.2 Å². The van der Waals surface area contributed by atoms with E-state index in [0.717, 1.165) is 6.42 Å². The summed E-state index contributed by atoms with van der Waals surface area (Å²) in [5.41, 5.74) is 0. The van der Waals surface area contributed by atoms with Crippen molar-refractivity contribution in [3.8, 4) is 0 Å². The van der Waals surface area contributed by atoms with Crippen LogP contribution in [0, 0.1) is 0 Å². The molecule has 0 saturated heterocycles. The second-order valence-electron chi connectivity index (χ2n) is 3.48. The fourth-order valence-corrected chi connectivity index (χ4v) is 1.76. The van der Waals surface area contributed by atoms with Crippen LogP contribution in [0.4, 0.5) is 0 Å². The zero-order valence-corrected chi connectivity index (χ0v) is 8.09. The van der Waals surface area contributed by atoms with Gasteiger partial charge in [-0.2, -0.15) is 0 Å². The van der Waals surface area contributed by atoms with E-state index >= 15 is 0 Å². The Morgan fingerprint density at radius 1 is 1.55 bits per heavy atom. The Hall–Kier alpha value is -0.530. The van der Waals surface area contributed by atoms with Gasteiger partial charge in [-0.3, -0.25) is 9.48 Å². The van der Waals surface area contributed by atoms with Crippen molar-refractivity contribution in [3.05, 3.63) is 0 Å². The lowest BCUT2D eigenvalue weighted by atomic mass is 10.3. The van der Waals surface area contributed by atoms with Gasteiger partial charge in [-0.25, -0.2) is 0 Å². The van der Waals surface area contributed by atoms with Gasteiger partial charge in [0.1, 0.15) is 13.1 Å². The predicted octanol–water partition coefficient (Wildman–Crippen LogP) is 1.16. The summed E-state index contributed by atoms with van der Waals surface area (Å²) < 4.78 is 2.36. The smallest absolute Gasteiger partial charge is 0.246 e. The summed E-state index contributed by atoms with van der Waals surface area (Å²) >= 11 is 0. The third-order valence-corrected chi connectivity index (χ3v) is 2.39. The van der Waals surface area contributed by atoms with E-state index in [0.29, 0.717) is 6.04 Å². The first kappa shape index (κ1) is 8.57. The van der Waals surface area contributed by atoms with Gasteiger partial charge < -0.3 is 0 Å². The number of rotatable bonds is 2. The van der Waals surface area contributed by atoms with Crippen molar-refractivity contribution in [1.29, 1.82) is 0 Å². The highest BCUT2D eigenvalue weighted by Crippen LogP contribution is 2.07. The molecule has 0 bridgehead atoms. The average molecular weight is 155 g/mol. The zero-order chi connectivity index (χ0) is 8.43. The molecule has 0 aromatic heterocycles. The molecule has 0 amide bonds. The molecule has 1 rings (SSSR count). The van der Waals surface area contributed by atoms with Crippen LogP contribution in [0.5, 0.6) is 0 Å². The Bertz CT molecular complexity index is 170. The van der Waals surface area contributed by atoms with Gasteiger partial charge in [0, 0.05) is 6.42 Å². The van der Waals surface area contributed by atoms with Gasteiger partial charge in [0.25, 0.3) is 0 Å². The zero-order valence-electron chi connectivity index (χ0n) is 8.09. The number of hydrogen-bond acceptors (Lipinski definition) is 1. The Kier molecular flexibility index (Phi) is 2.53. The van der Waals surface area contributed by atoms with E-state index < -0.39 is 0 Å². The Morgan fingerprint density at radius 3 is 2.55 bits per heavy atom. The fraction of sp³-hybridized carbons (Fsp3) is 0.889. The number of likely N-dealkylation sites (N-methyl/N-ethyl adjacent to an activating group) is 1. The standard InChI is InChI=1S/C9H19N2/c1-5-9-10(4)6-7-11(9)8(2)3/h8H,5-7H2,1-4H3/q+1. The quantitative estimate of drug-likeness (QED) is 0.542. The highest BCUT2D eigenvalue weighted by atomic mass is 15.3. The monoisotopic (exact) mass is 155 g/mol. The summed E-state index contributed by atoms with van der Waals surface area (Å²) in [5.74, 6) is 1.50. The molecule has 0 radical (unpaired) electrons. The Labute approximate surface area is 69.5 Å². The minimum Gasteiger partial charge on any atom is -0.264 e. The first-order valence-corrected chi connectivity index (χ1v) is 4.50. The van der Waals surface area contributed by atoms with Gasteiger partial charge in [0.15, 0.2) is 0 Å². The van der Waals surface area contributed by atoms with Crippen molar-refractivity contribution in [3.63, 3.8) is 0 Å². The van der Waals surface area contributed by atoms with E-state index in [1.807, 2.05) is 0 Å². The minimum absolute atomic E-state index is 0.662. The molecule has 0 unspecified atom stereocenters. The molecule has 0 N–H and O–H groups in total. The Balaban J connectivity index is 2.72. The van der Waals surface area contributed by atoms with Gasteiger partial charge in [0.05, 0.1) is 13.1 Å². The van der Waals surface area contributed by atoms with E-state index in [-0.39, 0.29) is 0 Å². The summed E-state index contributed by atoms with van der Waals surface area (Å²) in [5, 5.41) is 0. The fourth-order valence-electron chi connectivity index (χ4n) is 1.76. The minimum atomic E-state index is 0.662. The van der Waals surface area contributed by atoms with Crippen molar-refractivity contribution in [2.24, 2.45) is 0 Å². The molecule has 1 aliphatic heterocycles. The van der Waals surface area contributed by atoms with E-state index in [2.05, 4.69) is 37.3 Å². The molecule has 1 aliphatic rings. The van der Waals surface area contributed by atoms with Gasteiger partial charge in [-0.05, 0) is 13.8 Å². The number of nitrogens with zero attached hydrogens (tertiary/aromatic N) is 2. The largest absolute Gasteiger partial charge is 0.264 e. The molecule has 0 fully saturated rings. The summed E-state index contributed by atoms with van der Waals surface area (Å²) in [4.78, 5) is 2.49. The SMILES string of the molecule is CCC1=[N+](C)CCN1C(C)C. The Morgan fingerprint density at radius 2 is 2.18 bits per heavy atom. The van der Waals surface area contributed by atoms with Gasteiger partial charge in [-0.15, -0.1) is 0 Å². The first-order valence-electron chi connectivity index (χ1n) is 4.50. The van der Waals surface area contributed by atoms with Crippen molar-refractivity contribution in [2.45, 2.75) is 33.2 Å². The van der Waals surface area contributed by atoms with Crippen LogP contribution in [-0.4, -0.2) is 41.5 Å². The second-order valence-corrected chi connectivity index (χ2v) is 3.48. The van der Waals surface area contributed by atoms with E-state index in [4.69, 9.17) is 0 Å². The number of amidine groups is 1. The molecule has 11 heavy (non-hydrogen) atoms. The van der Waals surface area contributed by atoms with Crippen LogP contribution in [0.2, 0.25) is 0 Å². The average Bonchev–Trinajstić information content (AvgIpc) is 2.30. The molecular weight excluding hydrogens is 136 g/mol. The van der Waals surface area contributed by atoms with Crippen molar-refractivity contribution < 1.29 is 4.58 Å². The highest BCUT2D eigenvalue weighted by Gasteiger charge is 2.28. The third-order valence-electron chi connectivity index (χ3n) is 2.39. The molecule has 0 atom stereocenters. The van der Waals surface area contributed by atoms with Crippen LogP contribution in [0.25, 0.3) is 0 Å². The molecule has 0 spiro atoms. The summed E-state index contributed by atoms with van der Waals surface area (Å²) in [6, 6.07) is 0.662. The van der Waals surface area contributed by atoms with E-state index in [1.165, 1.54) is 18.9 Å². The van der Waals surface area contributed by atoms with E-state index in [9.17, 15) is 0 Å². The van der Waals surface area contributed by atoms with Gasteiger partial charge in [0.2, 0.25) is 5.84 Å². The molecule has 64 valence electrons. The molecular formula is C9H19N2+. The highest BCUT2D eigenvalue weighted by molar-refractivity contribution is 5.78. The predicted molar refractivity (Wildman–Crippen MR) is 48.2 cm³/mol. The van der Waals surface area contributed by atoms with Crippen LogP contribution < -0.4 is 0 Å². The molecule has 1 heterocycles. The third kappa shape index (κ3) is 1.55. The summed E-state index contributed by atoms with van der Waals surface area (Å²) in [6.45, 7) is 9.15. The first-order chi connectivity index (χ1) is 5.16. The van der Waals surface area contributed by atoms with Crippen LogP contribution in [0.15, 0.2) is 0 Å². The van der Waals surface area contributed by atoms with Crippen LogP contribution >= 0.6 is 0 Å². The molecule has 0 aromatic rings. The maximum absolute atomic E-state index is 2.49. The van der Waals surface area contributed by atoms with Crippen molar-refractivity contribution >= 4 is 5.84 Å². The molecule has 0 aliphatic carbocycles. The van der Waals surface area contributed by atoms with Gasteiger partial charge in [-0.1, -0.05) is 6.92 Å². The number of hydrogen-bond donors (Lipinski definition) is 0. The summed E-state index contributed by atoms with van der Waals surface area (Å²) in [7, 11) is 2.18. The second kappa shape index (κ2) is 3.24. The lowest BCUT2D eigenvalue weighted by Gasteiger charge is -2.15. The van der Waals surface area contributed by atoms with E-state index in [1.54, 1.807) is 0 Å². The molecule has 0 saturated carbocycles. The normalized spacial score (nSPS) is 18.8. The summed E-state index contributed by atoms with van der Waals surface area (Å²) in [6.07, 6.45) is 1.16. The van der Waals surface area contributed by atoms with Crippen molar-refractivity contribution in [1.82, 2.24) is 4.90 Å². The molecule has 2 heteroatoms.